The minimum absolute atomic E-state index is 0.0625. The van der Waals surface area contributed by atoms with Crippen LogP contribution in [0, 0.1) is 0 Å². The first-order chi connectivity index (χ1) is 24.0. The number of alkyl halides is 2. The molecule has 0 spiro atoms. The molecule has 0 aliphatic carbocycles. The summed E-state index contributed by atoms with van der Waals surface area (Å²) in [5.74, 6) is 0.878. The van der Waals surface area contributed by atoms with Crippen molar-refractivity contribution in [3.63, 3.8) is 0 Å². The SMILES string of the molecule is Cn1nc(N2CCC(=O)NC2=O)c2ccc(C3CCN(Cc4cccc(S(=O)(=O)N5CCC(Nc6ncc(C(F)F)cn6)CC5)c4)CC3)cc21. The Morgan fingerprint density at radius 2 is 1.70 bits per heavy atom. The van der Waals surface area contributed by atoms with Gasteiger partial charge in [0.15, 0.2) is 5.82 Å². The van der Waals surface area contributed by atoms with Crippen LogP contribution in [-0.4, -0.2) is 88.1 Å². The Morgan fingerprint density at radius 3 is 2.40 bits per heavy atom. The second-order valence-corrected chi connectivity index (χ2v) is 15.1. The largest absolute Gasteiger partial charge is 0.351 e. The van der Waals surface area contributed by atoms with Gasteiger partial charge in [0.2, 0.25) is 21.9 Å². The van der Waals surface area contributed by atoms with Crippen molar-refractivity contribution in [2.45, 2.75) is 61.9 Å². The van der Waals surface area contributed by atoms with Crippen molar-refractivity contribution in [3.05, 3.63) is 71.5 Å². The molecule has 2 aromatic heterocycles. The van der Waals surface area contributed by atoms with Gasteiger partial charge in [-0.3, -0.25) is 24.6 Å². The molecule has 2 aromatic carbocycles. The number of likely N-dealkylation sites (tertiary alicyclic amines) is 1. The van der Waals surface area contributed by atoms with Crippen molar-refractivity contribution in [1.29, 1.82) is 0 Å². The summed E-state index contributed by atoms with van der Waals surface area (Å²) in [6.45, 7) is 3.34. The number of urea groups is 1. The number of carbonyl (C=O) groups is 2. The summed E-state index contributed by atoms with van der Waals surface area (Å²) in [6, 6.07) is 12.9. The molecule has 3 amide bonds. The minimum Gasteiger partial charge on any atom is -0.351 e. The molecule has 2 N–H and O–H groups in total. The molecule has 264 valence electrons. The number of halogens is 2. The summed E-state index contributed by atoms with van der Waals surface area (Å²) in [6.07, 6.45) is 2.79. The van der Waals surface area contributed by atoms with Crippen LogP contribution >= 0.6 is 0 Å². The maximum atomic E-state index is 13.6. The lowest BCUT2D eigenvalue weighted by atomic mass is 9.89. The van der Waals surface area contributed by atoms with Crippen LogP contribution in [0.1, 0.15) is 61.1 Å². The molecule has 13 nitrogen and oxygen atoms in total. The molecule has 3 saturated heterocycles. The lowest BCUT2D eigenvalue weighted by molar-refractivity contribution is -0.120. The fourth-order valence-corrected chi connectivity index (χ4v) is 8.60. The number of fused-ring (bicyclic) bond motifs is 1. The Bertz CT molecular complexity index is 1990. The molecule has 0 bridgehead atoms. The van der Waals surface area contributed by atoms with E-state index in [0.29, 0.717) is 50.8 Å². The first kappa shape index (κ1) is 33.9. The van der Waals surface area contributed by atoms with Crippen LogP contribution < -0.4 is 15.5 Å². The first-order valence-corrected chi connectivity index (χ1v) is 18.3. The molecule has 3 fully saturated rings. The van der Waals surface area contributed by atoms with E-state index in [1.54, 1.807) is 22.9 Å². The molecule has 0 saturated carbocycles. The van der Waals surface area contributed by atoms with Crippen LogP contribution in [0.2, 0.25) is 0 Å². The van der Waals surface area contributed by atoms with E-state index in [2.05, 4.69) is 42.7 Å². The number of amides is 3. The Kier molecular flexibility index (Phi) is 9.50. The maximum absolute atomic E-state index is 13.6. The Balaban J connectivity index is 0.934. The van der Waals surface area contributed by atoms with Gasteiger partial charge in [-0.05, 0) is 80.1 Å². The smallest absolute Gasteiger partial charge is 0.329 e. The number of anilines is 2. The van der Waals surface area contributed by atoms with Gasteiger partial charge in [0, 0.05) is 63.5 Å². The van der Waals surface area contributed by atoms with Crippen molar-refractivity contribution >= 4 is 44.6 Å². The lowest BCUT2D eigenvalue weighted by Crippen LogP contribution is -2.49. The van der Waals surface area contributed by atoms with Gasteiger partial charge in [0.1, 0.15) is 0 Å². The van der Waals surface area contributed by atoms with Gasteiger partial charge in [0.05, 0.1) is 16.0 Å². The number of nitrogens with zero attached hydrogens (tertiary/aromatic N) is 7. The van der Waals surface area contributed by atoms with Crippen LogP contribution in [0.3, 0.4) is 0 Å². The zero-order valence-corrected chi connectivity index (χ0v) is 28.5. The zero-order chi connectivity index (χ0) is 35.0. The van der Waals surface area contributed by atoms with Gasteiger partial charge in [-0.1, -0.05) is 18.2 Å². The fraction of sp³-hybridized carbons (Fsp3) is 0.441. The van der Waals surface area contributed by atoms with Crippen LogP contribution in [0.15, 0.2) is 59.8 Å². The van der Waals surface area contributed by atoms with E-state index in [1.165, 1.54) is 14.8 Å². The Hall–Kier alpha value is -4.54. The van der Waals surface area contributed by atoms with Gasteiger partial charge in [0.25, 0.3) is 6.43 Å². The second-order valence-electron chi connectivity index (χ2n) is 13.1. The van der Waals surface area contributed by atoms with Gasteiger partial charge in [-0.2, -0.15) is 9.40 Å². The first-order valence-electron chi connectivity index (χ1n) is 16.8. The number of hydrogen-bond acceptors (Lipinski definition) is 9. The summed E-state index contributed by atoms with van der Waals surface area (Å²) in [7, 11) is -1.83. The average Bonchev–Trinajstić information content (AvgIpc) is 3.44. The fourth-order valence-electron chi connectivity index (χ4n) is 7.06. The molecule has 3 aliphatic rings. The van der Waals surface area contributed by atoms with Gasteiger partial charge >= 0.3 is 6.03 Å². The summed E-state index contributed by atoms with van der Waals surface area (Å²) in [5.41, 5.74) is 2.84. The number of carbonyl (C=O) groups excluding carboxylic acids is 2. The predicted octanol–water partition coefficient (Wildman–Crippen LogP) is 4.39. The van der Waals surface area contributed by atoms with E-state index in [9.17, 15) is 26.8 Å². The molecule has 5 heterocycles. The maximum Gasteiger partial charge on any atom is 0.329 e. The average molecular weight is 708 g/mol. The number of aryl methyl sites for hydroxylation is 1. The Labute approximate surface area is 288 Å². The highest BCUT2D eigenvalue weighted by Gasteiger charge is 2.31. The van der Waals surface area contributed by atoms with Gasteiger partial charge in [-0.25, -0.2) is 32.0 Å². The molecule has 50 heavy (non-hydrogen) atoms. The highest BCUT2D eigenvalue weighted by molar-refractivity contribution is 7.89. The summed E-state index contributed by atoms with van der Waals surface area (Å²) >= 11 is 0. The van der Waals surface area contributed by atoms with Crippen LogP contribution in [0.4, 0.5) is 25.3 Å². The summed E-state index contributed by atoms with van der Waals surface area (Å²) < 4.78 is 56.0. The number of sulfonamides is 1. The number of aromatic nitrogens is 4. The number of nitrogens with one attached hydrogen (secondary N) is 2. The lowest BCUT2D eigenvalue weighted by Gasteiger charge is -2.33. The van der Waals surface area contributed by atoms with Crippen LogP contribution in [0.25, 0.3) is 10.9 Å². The molecule has 16 heteroatoms. The topological polar surface area (TPSA) is 146 Å². The van der Waals surface area contributed by atoms with Crippen molar-refractivity contribution in [3.8, 4) is 0 Å². The molecule has 0 radical (unpaired) electrons. The number of hydrogen-bond donors (Lipinski definition) is 2. The molecular formula is C34H39F2N9O4S. The number of benzene rings is 2. The normalized spacial score (nSPS) is 19.0. The monoisotopic (exact) mass is 707 g/mol. The standard InChI is InChI=1S/C34H39F2N9O4S/c1-42-29-18-24(5-6-28(29)32(41-42)45-16-11-30(46)40-34(45)47)23-7-12-43(13-8-23)21-22-3-2-4-27(17-22)50(48,49)44-14-9-26(10-15-44)39-33-37-19-25(20-38-33)31(35)36/h2-6,17-20,23,26,31H,7-16,21H2,1H3,(H,37,38,39)(H,40,46,47). The quantitative estimate of drug-likeness (QED) is 0.259. The molecule has 7 rings (SSSR count). The number of imide groups is 1. The molecule has 0 unspecified atom stereocenters. The van der Waals surface area contributed by atoms with E-state index in [-0.39, 0.29) is 34.8 Å². The van der Waals surface area contributed by atoms with E-state index in [0.717, 1.165) is 54.8 Å². The van der Waals surface area contributed by atoms with Crippen molar-refractivity contribution in [2.24, 2.45) is 7.05 Å². The summed E-state index contributed by atoms with van der Waals surface area (Å²) in [5, 5.41) is 11.0. The minimum atomic E-state index is -3.69. The molecular weight excluding hydrogens is 668 g/mol. The number of rotatable bonds is 9. The summed E-state index contributed by atoms with van der Waals surface area (Å²) in [4.78, 5) is 36.1. The van der Waals surface area contributed by atoms with E-state index in [4.69, 9.17) is 0 Å². The number of piperidine rings is 2. The molecule has 4 aromatic rings. The third kappa shape index (κ3) is 7.04. The second kappa shape index (κ2) is 14.0. The molecule has 0 atom stereocenters. The highest BCUT2D eigenvalue weighted by atomic mass is 32.2. The van der Waals surface area contributed by atoms with E-state index >= 15 is 0 Å². The molecule has 3 aliphatic heterocycles. The van der Waals surface area contributed by atoms with E-state index < -0.39 is 22.5 Å². The third-order valence-electron chi connectivity index (χ3n) is 9.88. The van der Waals surface area contributed by atoms with Crippen LogP contribution in [0.5, 0.6) is 0 Å². The highest BCUT2D eigenvalue weighted by Crippen LogP contribution is 2.34. The van der Waals surface area contributed by atoms with Crippen molar-refractivity contribution in [2.75, 3.05) is 42.9 Å². The zero-order valence-electron chi connectivity index (χ0n) is 27.6. The van der Waals surface area contributed by atoms with Gasteiger partial charge < -0.3 is 5.32 Å². The third-order valence-corrected chi connectivity index (χ3v) is 11.8. The van der Waals surface area contributed by atoms with Crippen LogP contribution in [-0.2, 0) is 28.4 Å². The van der Waals surface area contributed by atoms with E-state index in [1.807, 2.05) is 19.2 Å². The van der Waals surface area contributed by atoms with Gasteiger partial charge in [-0.15, -0.1) is 0 Å². The Morgan fingerprint density at radius 1 is 0.960 bits per heavy atom. The van der Waals surface area contributed by atoms with Crippen molar-refractivity contribution in [1.82, 2.24) is 34.3 Å². The van der Waals surface area contributed by atoms with Crippen molar-refractivity contribution < 1.29 is 26.8 Å². The predicted molar refractivity (Wildman–Crippen MR) is 182 cm³/mol.